The van der Waals surface area contributed by atoms with Gasteiger partial charge in [0.2, 0.25) is 0 Å². The predicted molar refractivity (Wildman–Crippen MR) is 76.3 cm³/mol. The van der Waals surface area contributed by atoms with Crippen LogP contribution in [-0.4, -0.2) is 22.0 Å². The van der Waals surface area contributed by atoms with E-state index >= 15 is 0 Å². The molecule has 0 aliphatic rings. The fourth-order valence-corrected chi connectivity index (χ4v) is 2.04. The first-order chi connectivity index (χ1) is 8.54. The van der Waals surface area contributed by atoms with Gasteiger partial charge in [-0.05, 0) is 18.3 Å². The van der Waals surface area contributed by atoms with Crippen LogP contribution in [0.3, 0.4) is 0 Å². The highest BCUT2D eigenvalue weighted by Gasteiger charge is 2.07. The smallest absolute Gasteiger partial charge is 0.293 e. The molecule has 1 aromatic heterocycles. The number of nitrogens with zero attached hydrogens (tertiary/aromatic N) is 2. The van der Waals surface area contributed by atoms with Crippen molar-refractivity contribution in [3.8, 4) is 0 Å². The molecule has 0 saturated heterocycles. The van der Waals surface area contributed by atoms with Crippen LogP contribution in [0.1, 0.15) is 27.2 Å². The van der Waals surface area contributed by atoms with Crippen LogP contribution in [0.2, 0.25) is 0 Å². The topological polar surface area (TPSA) is 46.9 Å². The Morgan fingerprint density at radius 1 is 1.44 bits per heavy atom. The van der Waals surface area contributed by atoms with E-state index in [4.69, 9.17) is 11.6 Å². The first-order valence-electron chi connectivity index (χ1n) is 6.39. The van der Waals surface area contributed by atoms with Gasteiger partial charge in [-0.3, -0.25) is 4.79 Å². The maximum absolute atomic E-state index is 12.1. The van der Waals surface area contributed by atoms with Crippen molar-refractivity contribution in [1.82, 2.24) is 9.55 Å². The lowest BCUT2D eigenvalue weighted by molar-refractivity contribution is 0.509. The van der Waals surface area contributed by atoms with Crippen LogP contribution in [-0.2, 0) is 6.54 Å². The molecule has 5 heteroatoms. The monoisotopic (exact) mass is 271 g/mol. The molecular formula is C13H22ClN3O. The molecule has 0 saturated carbocycles. The maximum Gasteiger partial charge on any atom is 0.293 e. The van der Waals surface area contributed by atoms with E-state index in [1.54, 1.807) is 17.0 Å². The Hall–Kier alpha value is -1.03. The molecule has 0 radical (unpaired) electrons. The van der Waals surface area contributed by atoms with Gasteiger partial charge in [-0.2, -0.15) is 0 Å². The van der Waals surface area contributed by atoms with E-state index in [0.29, 0.717) is 30.1 Å². The highest BCUT2D eigenvalue weighted by Crippen LogP contribution is 2.04. The molecule has 0 aliphatic heterocycles. The second kappa shape index (κ2) is 7.41. The van der Waals surface area contributed by atoms with Crippen molar-refractivity contribution in [2.75, 3.05) is 17.7 Å². The quantitative estimate of drug-likeness (QED) is 0.776. The molecule has 0 fully saturated rings. The highest BCUT2D eigenvalue weighted by atomic mass is 35.5. The van der Waals surface area contributed by atoms with E-state index in [1.165, 1.54) is 0 Å². The minimum Gasteiger partial charge on any atom is -0.365 e. The number of hydrogen-bond donors (Lipinski definition) is 1. The number of alkyl halides is 1. The van der Waals surface area contributed by atoms with E-state index in [0.717, 1.165) is 13.0 Å². The van der Waals surface area contributed by atoms with Crippen molar-refractivity contribution < 1.29 is 0 Å². The van der Waals surface area contributed by atoms with Crippen molar-refractivity contribution in [2.24, 2.45) is 11.8 Å². The molecule has 1 atom stereocenters. The number of nitrogens with one attached hydrogen (secondary N) is 1. The first-order valence-corrected chi connectivity index (χ1v) is 6.93. The summed E-state index contributed by atoms with van der Waals surface area (Å²) in [6.45, 7) is 7.71. The summed E-state index contributed by atoms with van der Waals surface area (Å²) in [6.07, 6.45) is 4.33. The molecule has 1 aromatic rings. The molecule has 4 nitrogen and oxygen atoms in total. The summed E-state index contributed by atoms with van der Waals surface area (Å²) in [6, 6.07) is 0. The summed E-state index contributed by atoms with van der Waals surface area (Å²) >= 11 is 5.68. The molecule has 18 heavy (non-hydrogen) atoms. The largest absolute Gasteiger partial charge is 0.365 e. The summed E-state index contributed by atoms with van der Waals surface area (Å²) in [7, 11) is 0. The third kappa shape index (κ3) is 4.69. The van der Waals surface area contributed by atoms with Gasteiger partial charge in [-0.1, -0.05) is 20.8 Å². The highest BCUT2D eigenvalue weighted by molar-refractivity contribution is 6.17. The zero-order chi connectivity index (χ0) is 13.5. The van der Waals surface area contributed by atoms with Gasteiger partial charge in [0.1, 0.15) is 0 Å². The van der Waals surface area contributed by atoms with Gasteiger partial charge in [0.05, 0.1) is 0 Å². The van der Waals surface area contributed by atoms with E-state index in [9.17, 15) is 4.79 Å². The Morgan fingerprint density at radius 2 is 2.17 bits per heavy atom. The summed E-state index contributed by atoms with van der Waals surface area (Å²) < 4.78 is 1.70. The zero-order valence-corrected chi connectivity index (χ0v) is 12.1. The number of anilines is 1. The molecule has 1 rings (SSSR count). The zero-order valence-electron chi connectivity index (χ0n) is 11.3. The summed E-state index contributed by atoms with van der Waals surface area (Å²) in [5, 5.41) is 3.11. The van der Waals surface area contributed by atoms with E-state index in [2.05, 4.69) is 31.1 Å². The van der Waals surface area contributed by atoms with Crippen LogP contribution in [0.5, 0.6) is 0 Å². The van der Waals surface area contributed by atoms with Crippen LogP contribution in [0.4, 0.5) is 5.82 Å². The number of halogens is 1. The lowest BCUT2D eigenvalue weighted by atomic mass is 10.1. The number of aromatic nitrogens is 2. The van der Waals surface area contributed by atoms with Gasteiger partial charge in [0, 0.05) is 31.4 Å². The third-order valence-corrected chi connectivity index (χ3v) is 2.91. The molecule has 0 bridgehead atoms. The Kier molecular flexibility index (Phi) is 6.19. The van der Waals surface area contributed by atoms with Crippen molar-refractivity contribution in [3.63, 3.8) is 0 Å². The number of hydrogen-bond acceptors (Lipinski definition) is 3. The second-order valence-corrected chi connectivity index (χ2v) is 5.47. The molecular weight excluding hydrogens is 250 g/mol. The van der Waals surface area contributed by atoms with E-state index in [-0.39, 0.29) is 5.56 Å². The van der Waals surface area contributed by atoms with Crippen molar-refractivity contribution >= 4 is 17.4 Å². The van der Waals surface area contributed by atoms with Crippen molar-refractivity contribution in [2.45, 2.75) is 33.7 Å². The van der Waals surface area contributed by atoms with Gasteiger partial charge in [-0.25, -0.2) is 4.98 Å². The predicted octanol–water partition coefficient (Wildman–Crippen LogP) is 2.58. The molecule has 0 amide bonds. The number of rotatable bonds is 7. The Balaban J connectivity index is 2.69. The van der Waals surface area contributed by atoms with Crippen molar-refractivity contribution in [1.29, 1.82) is 0 Å². The van der Waals surface area contributed by atoms with Crippen molar-refractivity contribution in [3.05, 3.63) is 22.7 Å². The molecule has 0 aliphatic carbocycles. The standard InChI is InChI=1S/C13H22ClN3O/c1-10(2)9-17-7-6-15-12(13(17)18)16-8-11(3)4-5-14/h6-7,10-11H,4-5,8-9H2,1-3H3,(H,15,16). The average molecular weight is 272 g/mol. The average Bonchev–Trinajstić information content (AvgIpc) is 2.30. The fourth-order valence-electron chi connectivity index (χ4n) is 1.66. The minimum atomic E-state index is -0.0516. The summed E-state index contributed by atoms with van der Waals surface area (Å²) in [5.41, 5.74) is -0.0516. The Bertz CT molecular complexity index is 417. The van der Waals surface area contributed by atoms with Crippen LogP contribution >= 0.6 is 11.6 Å². The lowest BCUT2D eigenvalue weighted by Crippen LogP contribution is -2.27. The van der Waals surface area contributed by atoms with E-state index in [1.807, 2.05) is 0 Å². The third-order valence-electron chi connectivity index (χ3n) is 2.70. The van der Waals surface area contributed by atoms with Crippen LogP contribution in [0.15, 0.2) is 17.2 Å². The second-order valence-electron chi connectivity index (χ2n) is 5.09. The minimum absolute atomic E-state index is 0.0516. The van der Waals surface area contributed by atoms with Gasteiger partial charge >= 0.3 is 0 Å². The van der Waals surface area contributed by atoms with Gasteiger partial charge in [0.25, 0.3) is 5.56 Å². The maximum atomic E-state index is 12.1. The fraction of sp³-hybridized carbons (Fsp3) is 0.692. The molecule has 1 unspecified atom stereocenters. The van der Waals surface area contributed by atoms with Crippen LogP contribution in [0, 0.1) is 11.8 Å². The molecule has 0 aromatic carbocycles. The van der Waals surface area contributed by atoms with Gasteiger partial charge in [0.15, 0.2) is 5.82 Å². The lowest BCUT2D eigenvalue weighted by Gasteiger charge is -2.13. The molecule has 1 N–H and O–H groups in total. The molecule has 0 spiro atoms. The summed E-state index contributed by atoms with van der Waals surface area (Å²) in [5.74, 6) is 1.94. The van der Waals surface area contributed by atoms with Gasteiger partial charge < -0.3 is 9.88 Å². The Labute approximate surface area is 113 Å². The normalized spacial score (nSPS) is 12.7. The van der Waals surface area contributed by atoms with Crippen LogP contribution < -0.4 is 10.9 Å². The first kappa shape index (κ1) is 15.0. The molecule has 102 valence electrons. The van der Waals surface area contributed by atoms with Crippen LogP contribution in [0.25, 0.3) is 0 Å². The van der Waals surface area contributed by atoms with E-state index < -0.39 is 0 Å². The summed E-state index contributed by atoms with van der Waals surface area (Å²) in [4.78, 5) is 16.2. The SMILES string of the molecule is CC(C)Cn1ccnc(NCC(C)CCCl)c1=O. The Morgan fingerprint density at radius 3 is 2.78 bits per heavy atom. The van der Waals surface area contributed by atoms with Gasteiger partial charge in [-0.15, -0.1) is 11.6 Å². The molecule has 1 heterocycles.